The fourth-order valence-electron chi connectivity index (χ4n) is 8.64. The largest absolute Gasteiger partial charge is 0.311 e. The predicted molar refractivity (Wildman–Crippen MR) is 277 cm³/mol. The van der Waals surface area contributed by atoms with E-state index in [0.717, 1.165) is 90.0 Å². The highest BCUT2D eigenvalue weighted by Crippen LogP contribution is 2.38. The molecule has 0 saturated carbocycles. The van der Waals surface area contributed by atoms with Gasteiger partial charge in [0.05, 0.1) is 0 Å². The van der Waals surface area contributed by atoms with Crippen LogP contribution in [-0.2, 0) is 4.79 Å². The zero-order valence-corrected chi connectivity index (χ0v) is 36.7. The Hall–Kier alpha value is -8.73. The summed E-state index contributed by atoms with van der Waals surface area (Å²) in [5.41, 5.74) is 17.3. The van der Waals surface area contributed by atoms with E-state index in [0.29, 0.717) is 0 Å². The molecule has 4 nitrogen and oxygen atoms in total. The van der Waals surface area contributed by atoms with E-state index in [9.17, 15) is 4.79 Å². The zero-order chi connectivity index (χ0) is 44.7. The summed E-state index contributed by atoms with van der Waals surface area (Å²) in [7, 11) is 0. The maximum Gasteiger partial charge on any atom is 0.228 e. The van der Waals surface area contributed by atoms with Crippen molar-refractivity contribution in [1.82, 2.24) is 0 Å². The Bertz CT molecular complexity index is 2850. The number of hydrogen-bond acceptors (Lipinski definition) is 3. The number of anilines is 8. The summed E-state index contributed by atoms with van der Waals surface area (Å²) < 4.78 is 0. The minimum Gasteiger partial charge on any atom is -0.311 e. The standard InChI is InChI=1S/C62H47N3O/c1-46(66)63(59-38-30-51(31-39-59)47-22-26-49(27-23-47)53-34-42-61(43-35-53)64(55-14-6-2-7-15-55)56-16-8-3-9-17-56)60-40-32-52(33-41-60)48-24-28-50(29-25-48)54-36-44-62(45-37-54)65(57-18-10-4-11-19-57)58-20-12-5-13-21-58/h2-45H,1H3. The maximum absolute atomic E-state index is 13.1. The molecule has 4 heteroatoms. The van der Waals surface area contributed by atoms with Gasteiger partial charge in [0, 0.05) is 52.4 Å². The molecule has 66 heavy (non-hydrogen) atoms. The molecular formula is C62H47N3O. The van der Waals surface area contributed by atoms with Gasteiger partial charge in [0.15, 0.2) is 0 Å². The first-order valence-corrected chi connectivity index (χ1v) is 22.3. The molecule has 0 aromatic heterocycles. The minimum atomic E-state index is -0.0486. The number of carbonyl (C=O) groups excluding carboxylic acids is 1. The number of benzene rings is 10. The number of amides is 1. The van der Waals surface area contributed by atoms with Crippen LogP contribution in [-0.4, -0.2) is 5.91 Å². The highest BCUT2D eigenvalue weighted by atomic mass is 16.2. The van der Waals surface area contributed by atoms with E-state index in [1.165, 1.54) is 0 Å². The van der Waals surface area contributed by atoms with Crippen molar-refractivity contribution in [3.8, 4) is 44.5 Å². The molecule has 0 heterocycles. The van der Waals surface area contributed by atoms with Gasteiger partial charge in [0.1, 0.15) is 0 Å². The van der Waals surface area contributed by atoms with Crippen molar-refractivity contribution in [2.75, 3.05) is 14.7 Å². The summed E-state index contributed by atoms with van der Waals surface area (Å²) in [5.74, 6) is -0.0486. The first-order chi connectivity index (χ1) is 32.6. The monoisotopic (exact) mass is 849 g/mol. The van der Waals surface area contributed by atoms with Crippen molar-refractivity contribution < 1.29 is 4.79 Å². The van der Waals surface area contributed by atoms with Crippen LogP contribution in [0.25, 0.3) is 44.5 Å². The van der Waals surface area contributed by atoms with Crippen molar-refractivity contribution in [3.05, 3.63) is 267 Å². The third kappa shape index (κ3) is 8.90. The Labute approximate surface area is 387 Å². The van der Waals surface area contributed by atoms with Crippen LogP contribution in [0, 0.1) is 0 Å². The van der Waals surface area contributed by atoms with Crippen molar-refractivity contribution in [2.24, 2.45) is 0 Å². The van der Waals surface area contributed by atoms with Gasteiger partial charge in [-0.15, -0.1) is 0 Å². The lowest BCUT2D eigenvalue weighted by Crippen LogP contribution is -2.22. The van der Waals surface area contributed by atoms with Crippen LogP contribution in [0.4, 0.5) is 45.5 Å². The summed E-state index contributed by atoms with van der Waals surface area (Å²) in [4.78, 5) is 19.4. The van der Waals surface area contributed by atoms with Crippen LogP contribution in [0.5, 0.6) is 0 Å². The van der Waals surface area contributed by atoms with Crippen molar-refractivity contribution in [1.29, 1.82) is 0 Å². The molecular weight excluding hydrogens is 803 g/mol. The number of hydrogen-bond donors (Lipinski definition) is 0. The Morgan fingerprint density at radius 3 is 0.591 bits per heavy atom. The van der Waals surface area contributed by atoms with Crippen LogP contribution in [0.1, 0.15) is 6.92 Å². The molecule has 10 aromatic carbocycles. The average molecular weight is 850 g/mol. The topological polar surface area (TPSA) is 26.8 Å². The fraction of sp³-hybridized carbons (Fsp3) is 0.0161. The van der Waals surface area contributed by atoms with Gasteiger partial charge in [0.25, 0.3) is 0 Å². The van der Waals surface area contributed by atoms with Crippen LogP contribution in [0.15, 0.2) is 267 Å². The molecule has 10 rings (SSSR count). The van der Waals surface area contributed by atoms with Gasteiger partial charge in [-0.25, -0.2) is 0 Å². The molecule has 0 aliphatic carbocycles. The lowest BCUT2D eigenvalue weighted by atomic mass is 9.99. The van der Waals surface area contributed by atoms with Gasteiger partial charge in [-0.3, -0.25) is 9.69 Å². The van der Waals surface area contributed by atoms with Crippen LogP contribution < -0.4 is 14.7 Å². The molecule has 0 N–H and O–H groups in total. The highest BCUT2D eigenvalue weighted by Gasteiger charge is 2.17. The van der Waals surface area contributed by atoms with Gasteiger partial charge < -0.3 is 9.80 Å². The first kappa shape index (κ1) is 41.3. The van der Waals surface area contributed by atoms with E-state index in [-0.39, 0.29) is 5.91 Å². The molecule has 316 valence electrons. The molecule has 0 saturated heterocycles. The molecule has 0 atom stereocenters. The van der Waals surface area contributed by atoms with E-state index >= 15 is 0 Å². The van der Waals surface area contributed by atoms with Crippen LogP contribution in [0.3, 0.4) is 0 Å². The predicted octanol–water partition coefficient (Wildman–Crippen LogP) is 17.0. The first-order valence-electron chi connectivity index (χ1n) is 22.3. The summed E-state index contributed by atoms with van der Waals surface area (Å²) in [6.07, 6.45) is 0. The molecule has 0 spiro atoms. The second-order valence-electron chi connectivity index (χ2n) is 16.2. The summed E-state index contributed by atoms with van der Waals surface area (Å²) in [5, 5.41) is 0. The Balaban J connectivity index is 0.806. The zero-order valence-electron chi connectivity index (χ0n) is 36.7. The van der Waals surface area contributed by atoms with Crippen LogP contribution in [0.2, 0.25) is 0 Å². The fourth-order valence-corrected chi connectivity index (χ4v) is 8.64. The molecule has 0 bridgehead atoms. The third-order valence-corrected chi connectivity index (χ3v) is 12.0. The highest BCUT2D eigenvalue weighted by molar-refractivity contribution is 5.99. The third-order valence-electron chi connectivity index (χ3n) is 12.0. The Kier molecular flexibility index (Phi) is 11.8. The van der Waals surface area contributed by atoms with Crippen LogP contribution >= 0.6 is 0 Å². The smallest absolute Gasteiger partial charge is 0.228 e. The second kappa shape index (κ2) is 18.9. The SMILES string of the molecule is CC(=O)N(c1ccc(-c2ccc(-c3ccc(N(c4ccccc4)c4ccccc4)cc3)cc2)cc1)c1ccc(-c2ccc(-c3ccc(N(c4ccccc4)c4ccccc4)cc3)cc2)cc1. The molecule has 0 aliphatic rings. The Morgan fingerprint density at radius 1 is 0.227 bits per heavy atom. The lowest BCUT2D eigenvalue weighted by Gasteiger charge is -2.25. The van der Waals surface area contributed by atoms with Gasteiger partial charge in [-0.1, -0.05) is 170 Å². The average Bonchev–Trinajstić information content (AvgIpc) is 3.39. The Morgan fingerprint density at radius 2 is 0.394 bits per heavy atom. The summed E-state index contributed by atoms with van der Waals surface area (Å²) in [6.45, 7) is 1.61. The molecule has 1 amide bonds. The number of carbonyl (C=O) groups is 1. The van der Waals surface area contributed by atoms with Gasteiger partial charge in [-0.05, 0) is 142 Å². The second-order valence-corrected chi connectivity index (χ2v) is 16.2. The molecule has 10 aromatic rings. The van der Waals surface area contributed by atoms with E-state index < -0.39 is 0 Å². The summed E-state index contributed by atoms with van der Waals surface area (Å²) >= 11 is 0. The normalized spacial score (nSPS) is 10.9. The van der Waals surface area contributed by atoms with E-state index in [1.54, 1.807) is 11.8 Å². The molecule has 0 unspecified atom stereocenters. The van der Waals surface area contributed by atoms with E-state index in [1.807, 2.05) is 48.5 Å². The van der Waals surface area contributed by atoms with E-state index in [2.05, 4.69) is 228 Å². The lowest BCUT2D eigenvalue weighted by molar-refractivity contribution is -0.115. The molecule has 0 aliphatic heterocycles. The summed E-state index contributed by atoms with van der Waals surface area (Å²) in [6, 6.07) is 93.0. The minimum absolute atomic E-state index is 0.0486. The van der Waals surface area contributed by atoms with Crippen molar-refractivity contribution in [3.63, 3.8) is 0 Å². The maximum atomic E-state index is 13.1. The number of nitrogens with zero attached hydrogens (tertiary/aromatic N) is 3. The van der Waals surface area contributed by atoms with Crippen molar-refractivity contribution in [2.45, 2.75) is 6.92 Å². The van der Waals surface area contributed by atoms with Gasteiger partial charge in [-0.2, -0.15) is 0 Å². The van der Waals surface area contributed by atoms with E-state index in [4.69, 9.17) is 0 Å². The molecule has 0 radical (unpaired) electrons. The van der Waals surface area contributed by atoms with Gasteiger partial charge in [0.2, 0.25) is 5.91 Å². The van der Waals surface area contributed by atoms with Gasteiger partial charge >= 0.3 is 0 Å². The number of rotatable bonds is 12. The van der Waals surface area contributed by atoms with Crippen molar-refractivity contribution >= 4 is 51.4 Å². The number of para-hydroxylation sites is 4. The molecule has 0 fully saturated rings. The quantitative estimate of drug-likeness (QED) is 0.123.